The molecule has 0 amide bonds. The van der Waals surface area contributed by atoms with Crippen LogP contribution in [0.2, 0.25) is 0 Å². The molecule has 1 nitrogen and oxygen atoms in total. The maximum absolute atomic E-state index is 4.95. The van der Waals surface area contributed by atoms with Crippen molar-refractivity contribution >= 4 is 11.8 Å². The van der Waals surface area contributed by atoms with Gasteiger partial charge >= 0.3 is 0 Å². The molecule has 0 saturated carbocycles. The summed E-state index contributed by atoms with van der Waals surface area (Å²) < 4.78 is 4.95. The molecule has 1 aliphatic heterocycles. The first kappa shape index (κ1) is 4.22. The van der Waals surface area contributed by atoms with Crippen LogP contribution in [0.3, 0.4) is 0 Å². The zero-order valence-corrected chi connectivity index (χ0v) is 4.20. The van der Waals surface area contributed by atoms with Crippen LogP contribution in [-0.4, -0.2) is 12.5 Å². The molecule has 0 aromatic carbocycles. The van der Waals surface area contributed by atoms with Crippen molar-refractivity contribution in [1.29, 1.82) is 0 Å². The lowest BCUT2D eigenvalue weighted by molar-refractivity contribution is 0.214. The molecule has 2 heteroatoms. The van der Waals surface area contributed by atoms with Gasteiger partial charge in [0, 0.05) is 0 Å². The lowest BCUT2D eigenvalue weighted by Gasteiger charge is -2.00. The molecule has 0 aromatic rings. The van der Waals surface area contributed by atoms with Gasteiger partial charge in [-0.1, -0.05) is 6.08 Å². The van der Waals surface area contributed by atoms with Gasteiger partial charge in [0.1, 0.15) is 0 Å². The smallest absolute Gasteiger partial charge is 0.0965 e. The highest BCUT2D eigenvalue weighted by Gasteiger charge is 1.86. The largest absolute Gasteiger partial charge is 0.366 e. The minimum Gasteiger partial charge on any atom is -0.366 e. The van der Waals surface area contributed by atoms with Crippen LogP contribution in [-0.2, 0) is 4.74 Å². The first-order chi connectivity index (χ1) is 3.00. The summed E-state index contributed by atoms with van der Waals surface area (Å²) in [6, 6.07) is 0. The van der Waals surface area contributed by atoms with E-state index in [1.807, 2.05) is 6.08 Å². The third-order valence-corrected chi connectivity index (χ3v) is 1.25. The SMILES string of the molecule is C1=CSCOC1. The van der Waals surface area contributed by atoms with E-state index in [1.54, 1.807) is 11.8 Å². The number of ether oxygens (including phenoxy) is 1. The predicted molar refractivity (Wildman–Crippen MR) is 27.5 cm³/mol. The highest BCUT2D eigenvalue weighted by atomic mass is 32.2. The fourth-order valence-corrected chi connectivity index (χ4v) is 0.797. The van der Waals surface area contributed by atoms with Gasteiger partial charge in [0.05, 0.1) is 12.5 Å². The highest BCUT2D eigenvalue weighted by Crippen LogP contribution is 2.05. The number of thioether (sulfide) groups is 1. The fourth-order valence-electron chi connectivity index (χ4n) is 0.311. The predicted octanol–water partition coefficient (Wildman–Crippen LogP) is 1.22. The molecule has 1 heterocycles. The van der Waals surface area contributed by atoms with Crippen LogP contribution in [0.1, 0.15) is 0 Å². The first-order valence-electron chi connectivity index (χ1n) is 1.84. The van der Waals surface area contributed by atoms with E-state index in [9.17, 15) is 0 Å². The normalized spacial score (nSPS) is 21.3. The molecule has 0 radical (unpaired) electrons. The van der Waals surface area contributed by atoms with Crippen molar-refractivity contribution < 1.29 is 4.74 Å². The summed E-state index contributed by atoms with van der Waals surface area (Å²) in [6.45, 7) is 0.799. The molecular weight excluding hydrogens is 96.1 g/mol. The molecule has 0 atom stereocenters. The van der Waals surface area contributed by atoms with Crippen molar-refractivity contribution in [3.8, 4) is 0 Å². The Balaban J connectivity index is 2.26. The Labute approximate surface area is 41.4 Å². The zero-order chi connectivity index (χ0) is 4.24. The van der Waals surface area contributed by atoms with E-state index in [4.69, 9.17) is 4.74 Å². The Bertz CT molecular complexity index is 52.6. The van der Waals surface area contributed by atoms with Crippen LogP contribution in [0.25, 0.3) is 0 Å². The Morgan fingerprint density at radius 1 is 1.67 bits per heavy atom. The molecule has 0 spiro atoms. The Morgan fingerprint density at radius 3 is 2.83 bits per heavy atom. The van der Waals surface area contributed by atoms with Gasteiger partial charge in [-0.05, 0) is 5.41 Å². The quantitative estimate of drug-likeness (QED) is 0.455. The van der Waals surface area contributed by atoms with Crippen LogP contribution in [0.5, 0.6) is 0 Å². The number of hydrogen-bond acceptors (Lipinski definition) is 2. The van der Waals surface area contributed by atoms with Gasteiger partial charge in [0.15, 0.2) is 0 Å². The molecule has 1 rings (SSSR count). The van der Waals surface area contributed by atoms with E-state index in [2.05, 4.69) is 5.41 Å². The third kappa shape index (κ3) is 1.03. The van der Waals surface area contributed by atoms with Crippen molar-refractivity contribution in [2.24, 2.45) is 0 Å². The molecule has 6 heavy (non-hydrogen) atoms. The third-order valence-electron chi connectivity index (χ3n) is 0.558. The molecular formula is C4H6OS. The molecule has 0 aliphatic carbocycles. The summed E-state index contributed by atoms with van der Waals surface area (Å²) in [7, 11) is 0. The van der Waals surface area contributed by atoms with E-state index in [1.165, 1.54) is 0 Å². The van der Waals surface area contributed by atoms with Gasteiger partial charge < -0.3 is 4.74 Å². The van der Waals surface area contributed by atoms with Crippen molar-refractivity contribution in [1.82, 2.24) is 0 Å². The summed E-state index contributed by atoms with van der Waals surface area (Å²) >= 11 is 1.69. The van der Waals surface area contributed by atoms with Gasteiger partial charge in [0.2, 0.25) is 0 Å². The van der Waals surface area contributed by atoms with E-state index in [0.717, 1.165) is 12.5 Å². The van der Waals surface area contributed by atoms with E-state index >= 15 is 0 Å². The van der Waals surface area contributed by atoms with Gasteiger partial charge in [0.25, 0.3) is 0 Å². The average molecular weight is 102 g/mol. The van der Waals surface area contributed by atoms with E-state index in [-0.39, 0.29) is 0 Å². The standard InChI is InChI=1S/C4H6OS/c1-2-5-4-6-3-1/h1,3H,2,4H2. The highest BCUT2D eigenvalue weighted by molar-refractivity contribution is 8.02. The van der Waals surface area contributed by atoms with E-state index in [0.29, 0.717) is 0 Å². The second kappa shape index (κ2) is 2.26. The van der Waals surface area contributed by atoms with Gasteiger partial charge in [-0.15, -0.1) is 11.8 Å². The van der Waals surface area contributed by atoms with Crippen LogP contribution in [0.15, 0.2) is 11.5 Å². The van der Waals surface area contributed by atoms with Crippen LogP contribution in [0.4, 0.5) is 0 Å². The van der Waals surface area contributed by atoms with E-state index < -0.39 is 0 Å². The lowest BCUT2D eigenvalue weighted by Crippen LogP contribution is -1.91. The van der Waals surface area contributed by atoms with Crippen LogP contribution in [0, 0.1) is 0 Å². The Morgan fingerprint density at radius 2 is 2.67 bits per heavy atom. The molecule has 1 aliphatic rings. The minimum absolute atomic E-state index is 0.799. The van der Waals surface area contributed by atoms with Gasteiger partial charge in [-0.25, -0.2) is 0 Å². The summed E-state index contributed by atoms with van der Waals surface area (Å²) in [6.07, 6.45) is 2.01. The maximum Gasteiger partial charge on any atom is 0.0965 e. The minimum atomic E-state index is 0.799. The summed E-state index contributed by atoms with van der Waals surface area (Å²) in [5.74, 6) is 0.830. The number of rotatable bonds is 0. The molecule has 0 bridgehead atoms. The molecule has 0 N–H and O–H groups in total. The van der Waals surface area contributed by atoms with Crippen molar-refractivity contribution in [3.63, 3.8) is 0 Å². The molecule has 0 unspecified atom stereocenters. The first-order valence-corrected chi connectivity index (χ1v) is 2.89. The second-order valence-corrected chi connectivity index (χ2v) is 1.87. The van der Waals surface area contributed by atoms with Crippen molar-refractivity contribution in [2.45, 2.75) is 0 Å². The molecule has 0 fully saturated rings. The number of hydrogen-bond donors (Lipinski definition) is 0. The van der Waals surface area contributed by atoms with Crippen LogP contribution >= 0.6 is 11.8 Å². The van der Waals surface area contributed by atoms with Crippen LogP contribution < -0.4 is 0 Å². The maximum atomic E-state index is 4.95. The fraction of sp³-hybridized carbons (Fsp3) is 0.500. The summed E-state index contributed by atoms with van der Waals surface area (Å²) in [5.41, 5.74) is 0. The molecule has 0 saturated heterocycles. The Hall–Kier alpha value is 0.0500. The molecule has 0 aromatic heterocycles. The molecule has 34 valence electrons. The van der Waals surface area contributed by atoms with Gasteiger partial charge in [-0.3, -0.25) is 0 Å². The Kier molecular flexibility index (Phi) is 1.59. The lowest BCUT2D eigenvalue weighted by atomic mass is 10.7. The van der Waals surface area contributed by atoms with Gasteiger partial charge in [-0.2, -0.15) is 0 Å². The average Bonchev–Trinajstić information content (AvgIpc) is 1.72. The van der Waals surface area contributed by atoms with Crippen molar-refractivity contribution in [3.05, 3.63) is 11.5 Å². The summed E-state index contributed by atoms with van der Waals surface area (Å²) in [4.78, 5) is 0. The topological polar surface area (TPSA) is 9.23 Å². The summed E-state index contributed by atoms with van der Waals surface area (Å²) in [5, 5.41) is 2.06. The monoisotopic (exact) mass is 102 g/mol. The zero-order valence-electron chi connectivity index (χ0n) is 3.39. The second-order valence-electron chi connectivity index (χ2n) is 1.03. The van der Waals surface area contributed by atoms with Crippen molar-refractivity contribution in [2.75, 3.05) is 12.5 Å².